The van der Waals surface area contributed by atoms with Crippen molar-refractivity contribution >= 4 is 28.5 Å². The number of hydrogen-bond donors (Lipinski definition) is 1. The summed E-state index contributed by atoms with van der Waals surface area (Å²) in [4.78, 5) is 32.7. The topological polar surface area (TPSA) is 162 Å². The quantitative estimate of drug-likeness (QED) is 0.472. The Balaban J connectivity index is 0.000000158. The third kappa shape index (κ3) is 3.79. The van der Waals surface area contributed by atoms with Gasteiger partial charge in [0.25, 0.3) is 11.4 Å². The number of nitro groups is 3. The van der Waals surface area contributed by atoms with E-state index in [4.69, 9.17) is 10.1 Å². The Labute approximate surface area is 188 Å². The van der Waals surface area contributed by atoms with E-state index in [9.17, 15) is 30.3 Å². The standard InChI is InChI=1S/C16H19N.C6H3N3O7/c1-2-9-14-13(8-1)16-11-4-3-6-12(16)7-5-10-15(16)17-14;10-6-4(8(13)14)1-3(7(11)12)2-5(6)9(15)16/h1-2,8-9,12H,3-7,10-11H2;1-2,10H. The van der Waals surface area contributed by atoms with E-state index in [2.05, 4.69) is 24.3 Å². The summed E-state index contributed by atoms with van der Waals surface area (Å²) < 4.78 is 0. The maximum absolute atomic E-state index is 10.4. The fourth-order valence-corrected chi connectivity index (χ4v) is 5.49. The fraction of sp³-hybridized carbons (Fsp3) is 0.409. The molecule has 1 aliphatic heterocycles. The van der Waals surface area contributed by atoms with Crippen LogP contribution in [0.5, 0.6) is 5.75 Å². The summed E-state index contributed by atoms with van der Waals surface area (Å²) >= 11 is 0. The van der Waals surface area contributed by atoms with Crippen LogP contribution in [0.3, 0.4) is 0 Å². The minimum absolute atomic E-state index is 0.368. The third-order valence-electron chi connectivity index (χ3n) is 6.85. The highest BCUT2D eigenvalue weighted by Crippen LogP contribution is 2.56. The number of rotatable bonds is 3. The van der Waals surface area contributed by atoms with Crippen LogP contribution in [0.4, 0.5) is 22.7 Å². The minimum atomic E-state index is -1.21. The van der Waals surface area contributed by atoms with Crippen molar-refractivity contribution in [2.24, 2.45) is 10.9 Å². The van der Waals surface area contributed by atoms with E-state index in [0.29, 0.717) is 17.5 Å². The lowest BCUT2D eigenvalue weighted by Gasteiger charge is -2.46. The molecule has 0 saturated heterocycles. The Morgan fingerprint density at radius 3 is 2.18 bits per heavy atom. The molecule has 33 heavy (non-hydrogen) atoms. The number of fused-ring (bicyclic) bond motifs is 1. The molecule has 2 fully saturated rings. The highest BCUT2D eigenvalue weighted by atomic mass is 16.6. The Bertz CT molecular complexity index is 1140. The number of aromatic hydroxyl groups is 1. The molecule has 1 heterocycles. The Hall–Kier alpha value is -3.89. The molecule has 1 N–H and O–H groups in total. The Kier molecular flexibility index (Phi) is 5.79. The number of nitrogens with zero attached hydrogens (tertiary/aromatic N) is 4. The maximum atomic E-state index is 10.4. The van der Waals surface area contributed by atoms with Crippen LogP contribution in [0.2, 0.25) is 0 Å². The highest BCUT2D eigenvalue weighted by Gasteiger charge is 2.51. The molecule has 0 bridgehead atoms. The maximum Gasteiger partial charge on any atom is 0.324 e. The van der Waals surface area contributed by atoms with Crippen molar-refractivity contribution in [2.75, 3.05) is 0 Å². The van der Waals surface area contributed by atoms with Gasteiger partial charge in [0.15, 0.2) is 0 Å². The molecule has 0 aromatic heterocycles. The zero-order chi connectivity index (χ0) is 23.8. The molecule has 2 aliphatic carbocycles. The Morgan fingerprint density at radius 2 is 1.55 bits per heavy atom. The summed E-state index contributed by atoms with van der Waals surface area (Å²) in [5, 5.41) is 40.2. The van der Waals surface area contributed by atoms with Gasteiger partial charge in [-0.2, -0.15) is 0 Å². The van der Waals surface area contributed by atoms with Gasteiger partial charge in [0.1, 0.15) is 0 Å². The molecule has 2 saturated carbocycles. The molecule has 2 atom stereocenters. The average molecular weight is 454 g/mol. The number of para-hydroxylation sites is 1. The summed E-state index contributed by atoms with van der Waals surface area (Å²) in [6.07, 6.45) is 9.63. The second-order valence-electron chi connectivity index (χ2n) is 8.49. The van der Waals surface area contributed by atoms with Crippen LogP contribution in [0.1, 0.15) is 50.5 Å². The van der Waals surface area contributed by atoms with Crippen LogP contribution in [0.15, 0.2) is 41.4 Å². The first kappa shape index (κ1) is 22.3. The van der Waals surface area contributed by atoms with E-state index < -0.39 is 37.6 Å². The zero-order valence-electron chi connectivity index (χ0n) is 17.7. The lowest BCUT2D eigenvalue weighted by molar-refractivity contribution is -0.404. The lowest BCUT2D eigenvalue weighted by atomic mass is 9.56. The SMILES string of the molecule is O=[N+]([O-])c1cc([N+](=O)[O-])c(O)c([N+](=O)[O-])c1.c1ccc2c(c1)N=C1CCCC3CCCCC123. The molecule has 1 spiro atoms. The predicted molar refractivity (Wildman–Crippen MR) is 119 cm³/mol. The van der Waals surface area contributed by atoms with Crippen LogP contribution >= 0.6 is 0 Å². The molecule has 11 nitrogen and oxygen atoms in total. The van der Waals surface area contributed by atoms with Gasteiger partial charge in [-0.3, -0.25) is 35.3 Å². The van der Waals surface area contributed by atoms with Crippen molar-refractivity contribution in [3.8, 4) is 5.75 Å². The second-order valence-corrected chi connectivity index (χ2v) is 8.49. The largest absolute Gasteiger partial charge is 0.497 e. The van der Waals surface area contributed by atoms with Gasteiger partial charge in [-0.25, -0.2) is 0 Å². The highest BCUT2D eigenvalue weighted by molar-refractivity contribution is 6.02. The third-order valence-corrected chi connectivity index (χ3v) is 6.85. The molecule has 11 heteroatoms. The lowest BCUT2D eigenvalue weighted by Crippen LogP contribution is -2.45. The number of aliphatic imine (C=N–C) groups is 1. The molecule has 3 aliphatic rings. The van der Waals surface area contributed by atoms with Crippen LogP contribution < -0.4 is 0 Å². The van der Waals surface area contributed by atoms with E-state index >= 15 is 0 Å². The van der Waals surface area contributed by atoms with Gasteiger partial charge in [0.05, 0.1) is 32.6 Å². The van der Waals surface area contributed by atoms with Gasteiger partial charge in [-0.05, 0) is 49.7 Å². The molecule has 2 aromatic carbocycles. The van der Waals surface area contributed by atoms with Crippen LogP contribution in [-0.2, 0) is 5.41 Å². The zero-order valence-corrected chi connectivity index (χ0v) is 17.7. The number of non-ortho nitro benzene ring substituents is 1. The molecule has 2 unspecified atom stereocenters. The molecule has 172 valence electrons. The van der Waals surface area contributed by atoms with Crippen molar-refractivity contribution in [1.82, 2.24) is 0 Å². The van der Waals surface area contributed by atoms with Crippen molar-refractivity contribution in [3.63, 3.8) is 0 Å². The van der Waals surface area contributed by atoms with Gasteiger partial charge < -0.3 is 5.11 Å². The first-order valence-corrected chi connectivity index (χ1v) is 10.7. The van der Waals surface area contributed by atoms with Crippen molar-refractivity contribution in [2.45, 2.75) is 50.4 Å². The van der Waals surface area contributed by atoms with E-state index in [1.165, 1.54) is 56.3 Å². The van der Waals surface area contributed by atoms with Gasteiger partial charge >= 0.3 is 11.4 Å². The van der Waals surface area contributed by atoms with Gasteiger partial charge in [-0.15, -0.1) is 0 Å². The summed E-state index contributed by atoms with van der Waals surface area (Å²) in [6.45, 7) is 0. The van der Waals surface area contributed by atoms with Crippen LogP contribution in [0.25, 0.3) is 0 Å². The molecule has 5 rings (SSSR count). The van der Waals surface area contributed by atoms with Crippen molar-refractivity contribution in [1.29, 1.82) is 0 Å². The normalized spacial score (nSPS) is 22.5. The number of phenols is 1. The Morgan fingerprint density at radius 1 is 0.909 bits per heavy atom. The van der Waals surface area contributed by atoms with Crippen molar-refractivity contribution in [3.05, 3.63) is 72.3 Å². The van der Waals surface area contributed by atoms with E-state index in [1.807, 2.05) is 0 Å². The fourth-order valence-electron chi connectivity index (χ4n) is 5.49. The monoisotopic (exact) mass is 454 g/mol. The van der Waals surface area contributed by atoms with Gasteiger partial charge in [-0.1, -0.05) is 31.0 Å². The smallest absolute Gasteiger partial charge is 0.324 e. The summed E-state index contributed by atoms with van der Waals surface area (Å²) in [5.74, 6) is -0.326. The van der Waals surface area contributed by atoms with E-state index in [1.54, 1.807) is 5.56 Å². The number of phenolic OH excluding ortho intramolecular Hbond substituents is 1. The molecule has 2 aromatic rings. The summed E-state index contributed by atoms with van der Waals surface area (Å²) in [5.41, 5.74) is 1.72. The summed E-state index contributed by atoms with van der Waals surface area (Å²) in [6, 6.07) is 9.78. The van der Waals surface area contributed by atoms with Crippen molar-refractivity contribution < 1.29 is 19.9 Å². The van der Waals surface area contributed by atoms with Crippen LogP contribution in [-0.4, -0.2) is 25.6 Å². The predicted octanol–water partition coefficient (Wildman–Crippen LogP) is 5.50. The summed E-state index contributed by atoms with van der Waals surface area (Å²) in [7, 11) is 0. The van der Waals surface area contributed by atoms with Crippen LogP contribution in [0, 0.1) is 36.3 Å². The van der Waals surface area contributed by atoms with E-state index in [-0.39, 0.29) is 0 Å². The average Bonchev–Trinajstić information content (AvgIpc) is 3.12. The first-order valence-electron chi connectivity index (χ1n) is 10.7. The molecule has 0 amide bonds. The van der Waals surface area contributed by atoms with Gasteiger partial charge in [0.2, 0.25) is 0 Å². The second kappa shape index (κ2) is 8.57. The molecular formula is C22H22N4O7. The number of nitro benzene ring substituents is 3. The molecule has 0 radical (unpaired) electrons. The minimum Gasteiger partial charge on any atom is -0.497 e. The van der Waals surface area contributed by atoms with E-state index in [0.717, 1.165) is 5.92 Å². The molecular weight excluding hydrogens is 432 g/mol. The number of hydrogen-bond acceptors (Lipinski definition) is 8. The first-order chi connectivity index (χ1) is 15.8. The van der Waals surface area contributed by atoms with Gasteiger partial charge in [0, 0.05) is 11.1 Å². The number of benzene rings is 2.